The molecule has 1 aromatic carbocycles. The van der Waals surface area contributed by atoms with Gasteiger partial charge >= 0.3 is 0 Å². The minimum absolute atomic E-state index is 0.198. The van der Waals surface area contributed by atoms with Crippen LogP contribution in [0.25, 0.3) is 0 Å². The summed E-state index contributed by atoms with van der Waals surface area (Å²) in [5, 5.41) is 10.1. The first-order valence-electron chi connectivity index (χ1n) is 5.49. The maximum atomic E-state index is 11.2. The minimum Gasteiger partial charge on any atom is -0.497 e. The number of carbonyl (C=O) groups excluding carboxylic acids is 1. The molecule has 0 heterocycles. The van der Waals surface area contributed by atoms with Gasteiger partial charge in [0.2, 0.25) is 0 Å². The van der Waals surface area contributed by atoms with Gasteiger partial charge in [-0.2, -0.15) is 0 Å². The fourth-order valence-corrected chi connectivity index (χ4v) is 2.57. The van der Waals surface area contributed by atoms with Gasteiger partial charge in [-0.15, -0.1) is 0 Å². The van der Waals surface area contributed by atoms with Crippen LogP contribution < -0.4 is 0 Å². The van der Waals surface area contributed by atoms with Gasteiger partial charge in [-0.3, -0.25) is 4.79 Å². The highest BCUT2D eigenvalue weighted by Gasteiger charge is 2.34. The molecule has 0 amide bonds. The Balaban J connectivity index is 2.47. The zero-order valence-corrected chi connectivity index (χ0v) is 11.4. The second kappa shape index (κ2) is 5.08. The standard InChI is InChI=1S/C14H13BrO3/c1-18-13-7-12(10-5-3-2-4-6-10)11(9-16)8-14(13,15)17/h2-9,12,17H,1H3. The molecule has 0 radical (unpaired) electrons. The molecule has 2 rings (SSSR count). The topological polar surface area (TPSA) is 46.5 Å². The number of carbonyl (C=O) groups is 1. The molecule has 0 saturated carbocycles. The summed E-state index contributed by atoms with van der Waals surface area (Å²) in [6.07, 6.45) is 3.97. The number of aliphatic hydroxyl groups is 1. The van der Waals surface area contributed by atoms with Crippen molar-refractivity contribution in [2.45, 2.75) is 10.4 Å². The molecular weight excluding hydrogens is 296 g/mol. The fourth-order valence-electron chi connectivity index (χ4n) is 2.01. The smallest absolute Gasteiger partial charge is 0.196 e. The maximum absolute atomic E-state index is 11.2. The van der Waals surface area contributed by atoms with Crippen LogP contribution in [0.3, 0.4) is 0 Å². The van der Waals surface area contributed by atoms with Crippen LogP contribution in [0.4, 0.5) is 0 Å². The highest BCUT2D eigenvalue weighted by molar-refractivity contribution is 9.10. The fraction of sp³-hybridized carbons (Fsp3) is 0.214. The number of alkyl halides is 1. The van der Waals surface area contributed by atoms with Crippen molar-refractivity contribution in [3.63, 3.8) is 0 Å². The number of hydrogen-bond donors (Lipinski definition) is 1. The molecular formula is C14H13BrO3. The monoisotopic (exact) mass is 308 g/mol. The molecule has 0 saturated heterocycles. The van der Waals surface area contributed by atoms with Crippen LogP contribution in [0.1, 0.15) is 11.5 Å². The molecule has 0 aliphatic heterocycles. The van der Waals surface area contributed by atoms with Gasteiger partial charge in [0.1, 0.15) is 12.0 Å². The van der Waals surface area contributed by atoms with E-state index < -0.39 is 4.51 Å². The molecule has 0 bridgehead atoms. The highest BCUT2D eigenvalue weighted by Crippen LogP contribution is 2.39. The lowest BCUT2D eigenvalue weighted by molar-refractivity contribution is -0.105. The zero-order chi connectivity index (χ0) is 13.2. The summed E-state index contributed by atoms with van der Waals surface area (Å²) in [6, 6.07) is 9.60. The van der Waals surface area contributed by atoms with Gasteiger partial charge in [-0.05, 0) is 33.6 Å². The van der Waals surface area contributed by atoms with Gasteiger partial charge < -0.3 is 9.84 Å². The minimum atomic E-state index is -1.41. The van der Waals surface area contributed by atoms with Gasteiger partial charge in [-0.1, -0.05) is 30.3 Å². The van der Waals surface area contributed by atoms with E-state index in [9.17, 15) is 9.90 Å². The van der Waals surface area contributed by atoms with Crippen molar-refractivity contribution in [2.75, 3.05) is 7.11 Å². The second-order valence-electron chi connectivity index (χ2n) is 4.06. The van der Waals surface area contributed by atoms with Gasteiger partial charge in [-0.25, -0.2) is 0 Å². The molecule has 18 heavy (non-hydrogen) atoms. The maximum Gasteiger partial charge on any atom is 0.196 e. The summed E-state index contributed by atoms with van der Waals surface area (Å²) in [6.45, 7) is 0. The van der Waals surface area contributed by atoms with E-state index >= 15 is 0 Å². The van der Waals surface area contributed by atoms with Gasteiger partial charge in [0.15, 0.2) is 4.51 Å². The Labute approximate surface area is 114 Å². The van der Waals surface area contributed by atoms with E-state index in [1.165, 1.54) is 13.2 Å². The van der Waals surface area contributed by atoms with Crippen molar-refractivity contribution >= 4 is 22.2 Å². The number of methoxy groups -OCH3 is 1. The van der Waals surface area contributed by atoms with Crippen LogP contribution in [0.15, 0.2) is 53.8 Å². The number of rotatable bonds is 3. The molecule has 1 aromatic rings. The quantitative estimate of drug-likeness (QED) is 0.689. The third-order valence-corrected chi connectivity index (χ3v) is 3.52. The van der Waals surface area contributed by atoms with Crippen molar-refractivity contribution in [3.8, 4) is 0 Å². The lowest BCUT2D eigenvalue weighted by Gasteiger charge is -2.28. The third-order valence-electron chi connectivity index (χ3n) is 2.90. The van der Waals surface area contributed by atoms with Crippen LogP contribution >= 0.6 is 15.9 Å². The van der Waals surface area contributed by atoms with E-state index in [-0.39, 0.29) is 5.92 Å². The molecule has 4 heteroatoms. The summed E-state index contributed by atoms with van der Waals surface area (Å²) in [4.78, 5) is 11.2. The first kappa shape index (κ1) is 13.1. The van der Waals surface area contributed by atoms with Crippen molar-refractivity contribution < 1.29 is 14.6 Å². The number of benzene rings is 1. The largest absolute Gasteiger partial charge is 0.497 e. The van der Waals surface area contributed by atoms with Crippen molar-refractivity contribution in [1.29, 1.82) is 0 Å². The number of allylic oxidation sites excluding steroid dienone is 2. The normalized spacial score (nSPS) is 27.2. The molecule has 0 spiro atoms. The van der Waals surface area contributed by atoms with E-state index in [0.717, 1.165) is 11.8 Å². The molecule has 0 aromatic heterocycles. The lowest BCUT2D eigenvalue weighted by atomic mass is 9.86. The summed E-state index contributed by atoms with van der Waals surface area (Å²) in [5.41, 5.74) is 1.48. The third kappa shape index (κ3) is 2.40. The van der Waals surface area contributed by atoms with Gasteiger partial charge in [0.05, 0.1) is 7.11 Å². The molecule has 1 aliphatic rings. The summed E-state index contributed by atoms with van der Waals surface area (Å²) >= 11 is 3.13. The van der Waals surface area contributed by atoms with Gasteiger partial charge in [0, 0.05) is 11.5 Å². The Morgan fingerprint density at radius 2 is 2.06 bits per heavy atom. The average molecular weight is 309 g/mol. The van der Waals surface area contributed by atoms with E-state index in [2.05, 4.69) is 15.9 Å². The van der Waals surface area contributed by atoms with Crippen LogP contribution in [0, 0.1) is 0 Å². The Hall–Kier alpha value is -1.39. The molecule has 1 aliphatic carbocycles. The number of aldehydes is 1. The Morgan fingerprint density at radius 1 is 1.39 bits per heavy atom. The first-order chi connectivity index (χ1) is 8.58. The van der Waals surface area contributed by atoms with Crippen LogP contribution in [-0.2, 0) is 9.53 Å². The summed E-state index contributed by atoms with van der Waals surface area (Å²) in [5.74, 6) is 0.179. The average Bonchev–Trinajstić information content (AvgIpc) is 2.38. The molecule has 2 atom stereocenters. The molecule has 2 unspecified atom stereocenters. The van der Waals surface area contributed by atoms with E-state index in [0.29, 0.717) is 11.3 Å². The van der Waals surface area contributed by atoms with Gasteiger partial charge in [0.25, 0.3) is 0 Å². The van der Waals surface area contributed by atoms with E-state index in [1.807, 2.05) is 30.3 Å². The van der Waals surface area contributed by atoms with Crippen LogP contribution in [0.5, 0.6) is 0 Å². The Kier molecular flexibility index (Phi) is 3.68. The first-order valence-corrected chi connectivity index (χ1v) is 6.28. The Morgan fingerprint density at radius 3 is 2.61 bits per heavy atom. The summed E-state index contributed by atoms with van der Waals surface area (Å²) in [7, 11) is 1.49. The van der Waals surface area contributed by atoms with E-state index in [1.54, 1.807) is 6.08 Å². The predicted molar refractivity (Wildman–Crippen MR) is 72.3 cm³/mol. The second-order valence-corrected chi connectivity index (χ2v) is 5.27. The molecule has 0 fully saturated rings. The van der Waals surface area contributed by atoms with Crippen LogP contribution in [-0.4, -0.2) is 23.0 Å². The van der Waals surface area contributed by atoms with Crippen molar-refractivity contribution in [2.24, 2.45) is 0 Å². The Bertz CT molecular complexity index is 503. The van der Waals surface area contributed by atoms with Crippen molar-refractivity contribution in [1.82, 2.24) is 0 Å². The zero-order valence-electron chi connectivity index (χ0n) is 9.84. The SMILES string of the molecule is COC1=CC(c2ccccc2)C(C=O)=CC1(O)Br. The highest BCUT2D eigenvalue weighted by atomic mass is 79.9. The van der Waals surface area contributed by atoms with E-state index in [4.69, 9.17) is 4.74 Å². The predicted octanol–water partition coefficient (Wildman–Crippen LogP) is 2.52. The number of halogens is 1. The molecule has 1 N–H and O–H groups in total. The lowest BCUT2D eigenvalue weighted by Crippen LogP contribution is -2.27. The molecule has 94 valence electrons. The van der Waals surface area contributed by atoms with Crippen LogP contribution in [0.2, 0.25) is 0 Å². The summed E-state index contributed by atoms with van der Waals surface area (Å²) < 4.78 is 3.74. The number of hydrogen-bond acceptors (Lipinski definition) is 3. The number of ether oxygens (including phenoxy) is 1. The van der Waals surface area contributed by atoms with Crippen molar-refractivity contribution in [3.05, 3.63) is 59.4 Å². The molecule has 3 nitrogen and oxygen atoms in total.